The molecule has 0 spiro atoms. The summed E-state index contributed by atoms with van der Waals surface area (Å²) in [4.78, 5) is 16.9. The minimum absolute atomic E-state index is 0.0839. The fourth-order valence-electron chi connectivity index (χ4n) is 2.86. The summed E-state index contributed by atoms with van der Waals surface area (Å²) in [6.07, 6.45) is 0. The maximum atomic E-state index is 12.5. The third-order valence-electron chi connectivity index (χ3n) is 4.60. The van der Waals surface area contributed by atoms with Crippen molar-refractivity contribution >= 4 is 5.91 Å². The Hall–Kier alpha value is -3.15. The van der Waals surface area contributed by atoms with Crippen molar-refractivity contribution in [3.05, 3.63) is 65.5 Å². The molecule has 6 nitrogen and oxygen atoms in total. The average molecular weight is 393 g/mol. The number of hydrogen-bond donors (Lipinski definition) is 1. The molecule has 3 aromatic rings. The van der Waals surface area contributed by atoms with E-state index >= 15 is 0 Å². The van der Waals surface area contributed by atoms with Crippen LogP contribution in [0.1, 0.15) is 62.5 Å². The molecule has 0 bridgehead atoms. The van der Waals surface area contributed by atoms with E-state index in [-0.39, 0.29) is 11.3 Å². The molecule has 6 heteroatoms. The van der Waals surface area contributed by atoms with E-state index in [1.165, 1.54) is 5.56 Å². The van der Waals surface area contributed by atoms with Crippen LogP contribution in [-0.2, 0) is 5.41 Å². The first-order chi connectivity index (χ1) is 13.8. The second kappa shape index (κ2) is 8.47. The highest BCUT2D eigenvalue weighted by molar-refractivity contribution is 5.94. The zero-order valence-electron chi connectivity index (χ0n) is 17.5. The number of amides is 1. The molecule has 1 amide bonds. The molecule has 0 fully saturated rings. The van der Waals surface area contributed by atoms with Gasteiger partial charge in [-0.25, -0.2) is 0 Å². The van der Waals surface area contributed by atoms with Crippen molar-refractivity contribution in [3.63, 3.8) is 0 Å². The molecule has 0 aliphatic carbocycles. The van der Waals surface area contributed by atoms with Crippen LogP contribution in [-0.4, -0.2) is 22.7 Å². The van der Waals surface area contributed by atoms with Crippen molar-refractivity contribution in [2.24, 2.45) is 0 Å². The highest BCUT2D eigenvalue weighted by Gasteiger charge is 2.19. The molecule has 0 saturated carbocycles. The topological polar surface area (TPSA) is 77.2 Å². The number of nitrogens with zero attached hydrogens (tertiary/aromatic N) is 2. The van der Waals surface area contributed by atoms with Crippen molar-refractivity contribution in [1.82, 2.24) is 15.5 Å². The van der Waals surface area contributed by atoms with E-state index < -0.39 is 6.04 Å². The molecule has 0 radical (unpaired) electrons. The Balaban J connectivity index is 1.67. The second-order valence-electron chi connectivity index (χ2n) is 7.94. The Kier molecular flexibility index (Phi) is 6.01. The normalized spacial score (nSPS) is 12.4. The van der Waals surface area contributed by atoms with Gasteiger partial charge in [-0.15, -0.1) is 0 Å². The number of nitrogens with one attached hydrogen (secondary N) is 1. The van der Waals surface area contributed by atoms with Crippen molar-refractivity contribution in [1.29, 1.82) is 0 Å². The molecular formula is C23H27N3O3. The van der Waals surface area contributed by atoms with E-state index in [0.717, 1.165) is 11.3 Å². The Bertz CT molecular complexity index is 954. The maximum Gasteiger partial charge on any atom is 0.251 e. The van der Waals surface area contributed by atoms with Crippen molar-refractivity contribution in [2.45, 2.75) is 46.1 Å². The third-order valence-corrected chi connectivity index (χ3v) is 4.60. The maximum absolute atomic E-state index is 12.5. The summed E-state index contributed by atoms with van der Waals surface area (Å²) < 4.78 is 10.8. The van der Waals surface area contributed by atoms with Crippen LogP contribution in [0.25, 0.3) is 11.4 Å². The van der Waals surface area contributed by atoms with Crippen LogP contribution in [0.2, 0.25) is 0 Å². The Labute approximate surface area is 171 Å². The van der Waals surface area contributed by atoms with Crippen LogP contribution in [0.5, 0.6) is 5.75 Å². The van der Waals surface area contributed by atoms with E-state index in [1.54, 1.807) is 24.3 Å². The van der Waals surface area contributed by atoms with Gasteiger partial charge in [0.05, 0.1) is 6.61 Å². The smallest absolute Gasteiger partial charge is 0.251 e. The molecule has 1 heterocycles. The molecule has 0 aliphatic heterocycles. The van der Waals surface area contributed by atoms with Crippen LogP contribution < -0.4 is 10.1 Å². The minimum Gasteiger partial charge on any atom is -0.494 e. The van der Waals surface area contributed by atoms with Crippen LogP contribution in [0, 0.1) is 0 Å². The first-order valence-corrected chi connectivity index (χ1v) is 9.76. The van der Waals surface area contributed by atoms with Gasteiger partial charge >= 0.3 is 0 Å². The van der Waals surface area contributed by atoms with Crippen LogP contribution >= 0.6 is 0 Å². The van der Waals surface area contributed by atoms with Gasteiger partial charge in [0.2, 0.25) is 11.7 Å². The van der Waals surface area contributed by atoms with Gasteiger partial charge in [-0.05, 0) is 49.1 Å². The van der Waals surface area contributed by atoms with Gasteiger partial charge in [0.1, 0.15) is 11.8 Å². The number of ether oxygens (including phenoxy) is 1. The lowest BCUT2D eigenvalue weighted by molar-refractivity contribution is 0.0932. The van der Waals surface area contributed by atoms with Gasteiger partial charge in [0, 0.05) is 11.1 Å². The summed E-state index contributed by atoms with van der Waals surface area (Å²) in [5.41, 5.74) is 2.73. The van der Waals surface area contributed by atoms with Gasteiger partial charge in [0.25, 0.3) is 5.91 Å². The van der Waals surface area contributed by atoms with Crippen molar-refractivity contribution < 1.29 is 14.1 Å². The SMILES string of the molecule is CCOc1ccc(C(=O)NC(C)c2nc(-c3ccc(C(C)(C)C)cc3)no2)cc1. The zero-order valence-corrected chi connectivity index (χ0v) is 17.5. The van der Waals surface area contributed by atoms with Crippen LogP contribution in [0.3, 0.4) is 0 Å². The van der Waals surface area contributed by atoms with Gasteiger partial charge in [0.15, 0.2) is 0 Å². The fraction of sp³-hybridized carbons (Fsp3) is 0.348. The highest BCUT2D eigenvalue weighted by atomic mass is 16.5. The molecule has 1 unspecified atom stereocenters. The molecule has 29 heavy (non-hydrogen) atoms. The lowest BCUT2D eigenvalue weighted by Crippen LogP contribution is -2.26. The summed E-state index contributed by atoms with van der Waals surface area (Å²) >= 11 is 0. The van der Waals surface area contributed by atoms with Crippen molar-refractivity contribution in [2.75, 3.05) is 6.61 Å². The predicted octanol–water partition coefficient (Wildman–Crippen LogP) is 4.92. The van der Waals surface area contributed by atoms with E-state index in [2.05, 4.69) is 48.4 Å². The monoisotopic (exact) mass is 393 g/mol. The summed E-state index contributed by atoms with van der Waals surface area (Å²) in [6.45, 7) is 10.8. The first-order valence-electron chi connectivity index (χ1n) is 9.76. The minimum atomic E-state index is -0.413. The number of carbonyl (C=O) groups is 1. The molecule has 0 aliphatic rings. The molecule has 2 aromatic carbocycles. The predicted molar refractivity (Wildman–Crippen MR) is 112 cm³/mol. The van der Waals surface area contributed by atoms with E-state index in [9.17, 15) is 4.79 Å². The summed E-state index contributed by atoms with van der Waals surface area (Å²) in [5, 5.41) is 6.94. The number of carbonyl (C=O) groups excluding carboxylic acids is 1. The molecule has 0 saturated heterocycles. The summed E-state index contributed by atoms with van der Waals surface area (Å²) in [7, 11) is 0. The first kappa shape index (κ1) is 20.6. The Morgan fingerprint density at radius 1 is 1.10 bits per heavy atom. The van der Waals surface area contributed by atoms with Gasteiger partial charge < -0.3 is 14.6 Å². The average Bonchev–Trinajstić information content (AvgIpc) is 3.18. The molecule has 1 aromatic heterocycles. The standard InChI is InChI=1S/C23H27N3O3/c1-6-28-19-13-9-17(10-14-19)21(27)24-15(2)22-25-20(26-29-22)16-7-11-18(12-8-16)23(3,4)5/h7-15H,6H2,1-5H3,(H,24,27). The molecule has 3 rings (SSSR count). The van der Waals surface area contributed by atoms with Gasteiger partial charge in [-0.1, -0.05) is 50.2 Å². The lowest BCUT2D eigenvalue weighted by Gasteiger charge is -2.18. The third kappa shape index (κ3) is 5.02. The van der Waals surface area contributed by atoms with E-state index in [1.807, 2.05) is 26.0 Å². The fourth-order valence-corrected chi connectivity index (χ4v) is 2.86. The number of rotatable bonds is 6. The Morgan fingerprint density at radius 3 is 2.34 bits per heavy atom. The quantitative estimate of drug-likeness (QED) is 0.643. The zero-order chi connectivity index (χ0) is 21.0. The van der Waals surface area contributed by atoms with Gasteiger partial charge in [-0.2, -0.15) is 4.98 Å². The number of hydrogen-bond acceptors (Lipinski definition) is 5. The highest BCUT2D eigenvalue weighted by Crippen LogP contribution is 2.25. The van der Waals surface area contributed by atoms with E-state index in [4.69, 9.17) is 9.26 Å². The van der Waals surface area contributed by atoms with Crippen molar-refractivity contribution in [3.8, 4) is 17.1 Å². The number of benzene rings is 2. The van der Waals surface area contributed by atoms with E-state index in [0.29, 0.717) is 23.9 Å². The van der Waals surface area contributed by atoms with Gasteiger partial charge in [-0.3, -0.25) is 4.79 Å². The van der Waals surface area contributed by atoms with Crippen LogP contribution in [0.15, 0.2) is 53.1 Å². The largest absolute Gasteiger partial charge is 0.494 e. The molecule has 152 valence electrons. The lowest BCUT2D eigenvalue weighted by atomic mass is 9.87. The molecular weight excluding hydrogens is 366 g/mol. The summed E-state index contributed by atoms with van der Waals surface area (Å²) in [6, 6.07) is 14.7. The van der Waals surface area contributed by atoms with Crippen LogP contribution in [0.4, 0.5) is 0 Å². The molecule has 1 atom stereocenters. The molecule has 1 N–H and O–H groups in total. The summed E-state index contributed by atoms with van der Waals surface area (Å²) in [5.74, 6) is 1.38. The number of aromatic nitrogens is 2. The second-order valence-corrected chi connectivity index (χ2v) is 7.94. The Morgan fingerprint density at radius 2 is 1.76 bits per heavy atom.